The Balaban J connectivity index is 1.74. The minimum atomic E-state index is -0.446. The molecule has 0 radical (unpaired) electrons. The lowest BCUT2D eigenvalue weighted by atomic mass is 9.94. The third kappa shape index (κ3) is 5.27. The minimum Gasteiger partial charge on any atom is -0.444 e. The van der Waals surface area contributed by atoms with Crippen LogP contribution in [-0.2, 0) is 11.2 Å². The molecule has 2 N–H and O–H groups in total. The molecule has 6 heteroatoms. The number of rotatable bonds is 4. The van der Waals surface area contributed by atoms with Crippen LogP contribution in [0.4, 0.5) is 4.79 Å². The molecule has 0 aromatic carbocycles. The summed E-state index contributed by atoms with van der Waals surface area (Å²) in [5.41, 5.74) is 0.967. The van der Waals surface area contributed by atoms with E-state index >= 15 is 0 Å². The Kier molecular flexibility index (Phi) is 5.68. The lowest BCUT2D eigenvalue weighted by molar-refractivity contribution is 0.0528. The van der Waals surface area contributed by atoms with Crippen molar-refractivity contribution in [3.8, 4) is 0 Å². The number of fused-ring (bicyclic) bond motifs is 1. The average molecular weight is 375 g/mol. The van der Waals surface area contributed by atoms with E-state index in [9.17, 15) is 4.79 Å². The van der Waals surface area contributed by atoms with Crippen molar-refractivity contribution in [3.05, 3.63) is 20.3 Å². The molecule has 0 bridgehead atoms. The lowest BCUT2D eigenvalue weighted by Crippen LogP contribution is -2.37. The van der Waals surface area contributed by atoms with Crippen LogP contribution >= 0.6 is 27.3 Å². The summed E-state index contributed by atoms with van der Waals surface area (Å²) in [5.74, 6) is 0. The van der Waals surface area contributed by atoms with E-state index in [-0.39, 0.29) is 6.09 Å². The molecule has 4 nitrogen and oxygen atoms in total. The van der Waals surface area contributed by atoms with Crippen LogP contribution in [0, 0.1) is 0 Å². The molecule has 1 amide bonds. The van der Waals surface area contributed by atoms with Crippen molar-refractivity contribution < 1.29 is 9.53 Å². The Labute approximate surface area is 138 Å². The monoisotopic (exact) mass is 374 g/mol. The maximum atomic E-state index is 11.5. The maximum Gasteiger partial charge on any atom is 0.407 e. The first-order chi connectivity index (χ1) is 9.85. The lowest BCUT2D eigenvalue weighted by Gasteiger charge is -2.24. The van der Waals surface area contributed by atoms with Crippen LogP contribution in [0.1, 0.15) is 50.1 Å². The summed E-state index contributed by atoms with van der Waals surface area (Å²) >= 11 is 5.40. The highest BCUT2D eigenvalue weighted by Crippen LogP contribution is 2.37. The molecule has 21 heavy (non-hydrogen) atoms. The van der Waals surface area contributed by atoms with Crippen LogP contribution in [0.2, 0.25) is 0 Å². The fraction of sp³-hybridized carbons (Fsp3) is 0.667. The van der Waals surface area contributed by atoms with Gasteiger partial charge in [0, 0.05) is 24.0 Å². The van der Waals surface area contributed by atoms with Crippen molar-refractivity contribution in [3.63, 3.8) is 0 Å². The Morgan fingerprint density at radius 3 is 2.95 bits per heavy atom. The van der Waals surface area contributed by atoms with Crippen LogP contribution in [-0.4, -0.2) is 24.8 Å². The molecule has 0 saturated heterocycles. The van der Waals surface area contributed by atoms with Gasteiger partial charge in [0.15, 0.2) is 0 Å². The van der Waals surface area contributed by atoms with Gasteiger partial charge in [-0.3, -0.25) is 0 Å². The number of carbonyl (C=O) groups is 1. The van der Waals surface area contributed by atoms with Crippen LogP contribution in [0.3, 0.4) is 0 Å². The summed E-state index contributed by atoms with van der Waals surface area (Å²) < 4.78 is 6.41. The Morgan fingerprint density at radius 2 is 2.24 bits per heavy atom. The summed E-state index contributed by atoms with van der Waals surface area (Å²) in [6.07, 6.45) is 3.20. The number of alkyl carbamates (subject to hydrolysis) is 1. The average Bonchev–Trinajstić information content (AvgIpc) is 2.73. The van der Waals surface area contributed by atoms with Gasteiger partial charge < -0.3 is 15.4 Å². The molecule has 0 fully saturated rings. The first-order valence-corrected chi connectivity index (χ1v) is 8.94. The number of carbonyl (C=O) groups excluding carboxylic acids is 1. The number of nitrogens with one attached hydrogen (secondary N) is 2. The van der Waals surface area contributed by atoms with E-state index in [0.717, 1.165) is 13.0 Å². The zero-order chi connectivity index (χ0) is 15.5. The number of aryl methyl sites for hydroxylation is 1. The molecule has 1 aromatic rings. The van der Waals surface area contributed by atoms with Crippen molar-refractivity contribution in [1.29, 1.82) is 0 Å². The predicted octanol–water partition coefficient (Wildman–Crippen LogP) is 4.00. The molecule has 118 valence electrons. The second-order valence-electron chi connectivity index (χ2n) is 6.26. The Hall–Kier alpha value is -0.590. The zero-order valence-electron chi connectivity index (χ0n) is 12.8. The second kappa shape index (κ2) is 7.11. The van der Waals surface area contributed by atoms with Gasteiger partial charge in [-0.15, -0.1) is 11.3 Å². The molecule has 2 rings (SSSR count). The fourth-order valence-electron chi connectivity index (χ4n) is 2.46. The zero-order valence-corrected chi connectivity index (χ0v) is 15.2. The molecule has 0 aliphatic heterocycles. The maximum absolute atomic E-state index is 11.5. The van der Waals surface area contributed by atoms with E-state index in [1.165, 1.54) is 27.1 Å². The second-order valence-corrected chi connectivity index (χ2v) is 8.77. The topological polar surface area (TPSA) is 50.4 Å². The highest BCUT2D eigenvalue weighted by atomic mass is 79.9. The number of ether oxygens (including phenoxy) is 1. The molecule has 1 aliphatic carbocycles. The van der Waals surface area contributed by atoms with E-state index in [4.69, 9.17) is 4.74 Å². The number of hydrogen-bond acceptors (Lipinski definition) is 4. The first kappa shape index (κ1) is 16.8. The summed E-state index contributed by atoms with van der Waals surface area (Å²) in [5, 5.41) is 6.30. The van der Waals surface area contributed by atoms with Gasteiger partial charge >= 0.3 is 6.09 Å². The highest BCUT2D eigenvalue weighted by molar-refractivity contribution is 9.11. The molecular weight excluding hydrogens is 352 g/mol. The quantitative estimate of drug-likeness (QED) is 0.782. The number of halogens is 1. The van der Waals surface area contributed by atoms with Crippen molar-refractivity contribution in [1.82, 2.24) is 10.6 Å². The van der Waals surface area contributed by atoms with Crippen LogP contribution in [0.25, 0.3) is 0 Å². The number of thiophene rings is 1. The highest BCUT2D eigenvalue weighted by Gasteiger charge is 2.22. The van der Waals surface area contributed by atoms with Crippen molar-refractivity contribution in [2.24, 2.45) is 0 Å². The molecule has 1 atom stereocenters. The van der Waals surface area contributed by atoms with Gasteiger partial charge in [-0.1, -0.05) is 0 Å². The SMILES string of the molecule is CC(C)(C)OC(=O)NCCNC1CCCc2sc(Br)cc21. The van der Waals surface area contributed by atoms with E-state index in [1.807, 2.05) is 32.1 Å². The molecular formula is C15H23BrN2O2S. The van der Waals surface area contributed by atoms with Crippen LogP contribution < -0.4 is 10.6 Å². The summed E-state index contributed by atoms with van der Waals surface area (Å²) in [6.45, 7) is 6.91. The van der Waals surface area contributed by atoms with Gasteiger partial charge in [0.1, 0.15) is 5.60 Å². The molecule has 1 heterocycles. The van der Waals surface area contributed by atoms with Crippen molar-refractivity contribution in [2.75, 3.05) is 13.1 Å². The normalized spacial score (nSPS) is 18.2. The van der Waals surface area contributed by atoms with Gasteiger partial charge in [0.25, 0.3) is 0 Å². The van der Waals surface area contributed by atoms with Crippen molar-refractivity contribution >= 4 is 33.4 Å². The summed E-state index contributed by atoms with van der Waals surface area (Å²) in [7, 11) is 0. The number of hydrogen-bond donors (Lipinski definition) is 2. The molecule has 0 saturated carbocycles. The van der Waals surface area contributed by atoms with Gasteiger partial charge in [-0.2, -0.15) is 0 Å². The standard InChI is InChI=1S/C15H23BrN2O2S/c1-15(2,3)20-14(19)18-8-7-17-11-5-4-6-12-10(11)9-13(16)21-12/h9,11,17H,4-8H2,1-3H3,(H,18,19). The van der Waals surface area contributed by atoms with Gasteiger partial charge in [-0.05, 0) is 67.6 Å². The Morgan fingerprint density at radius 1 is 1.48 bits per heavy atom. The fourth-order valence-corrected chi connectivity index (χ4v) is 4.28. The van der Waals surface area contributed by atoms with E-state index in [1.54, 1.807) is 0 Å². The smallest absolute Gasteiger partial charge is 0.407 e. The largest absolute Gasteiger partial charge is 0.444 e. The van der Waals surface area contributed by atoms with Crippen LogP contribution in [0.15, 0.2) is 9.85 Å². The minimum absolute atomic E-state index is 0.355. The molecule has 1 unspecified atom stereocenters. The van der Waals surface area contributed by atoms with E-state index in [0.29, 0.717) is 12.6 Å². The summed E-state index contributed by atoms with van der Waals surface area (Å²) in [6, 6.07) is 2.62. The van der Waals surface area contributed by atoms with E-state index < -0.39 is 5.60 Å². The molecule has 0 spiro atoms. The van der Waals surface area contributed by atoms with Crippen LogP contribution in [0.5, 0.6) is 0 Å². The van der Waals surface area contributed by atoms with Gasteiger partial charge in [0.2, 0.25) is 0 Å². The van der Waals surface area contributed by atoms with Gasteiger partial charge in [0.05, 0.1) is 3.79 Å². The van der Waals surface area contributed by atoms with Crippen molar-refractivity contribution in [2.45, 2.75) is 51.7 Å². The predicted molar refractivity (Wildman–Crippen MR) is 89.9 cm³/mol. The Bertz CT molecular complexity index is 496. The third-order valence-electron chi connectivity index (χ3n) is 3.27. The molecule has 1 aromatic heterocycles. The summed E-state index contributed by atoms with van der Waals surface area (Å²) in [4.78, 5) is 13.0. The number of amides is 1. The third-order valence-corrected chi connectivity index (χ3v) is 4.98. The first-order valence-electron chi connectivity index (χ1n) is 7.33. The molecule has 1 aliphatic rings. The van der Waals surface area contributed by atoms with E-state index in [2.05, 4.69) is 32.6 Å². The van der Waals surface area contributed by atoms with Gasteiger partial charge in [-0.25, -0.2) is 4.79 Å².